The largest absolute Gasteiger partial charge is 0.387 e. The first kappa shape index (κ1) is 26.0. The number of aliphatic hydroxyl groups is 1. The van der Waals surface area contributed by atoms with Crippen molar-refractivity contribution >= 4 is 11.7 Å². The molecule has 0 spiro atoms. The van der Waals surface area contributed by atoms with Gasteiger partial charge in [0.25, 0.3) is 0 Å². The van der Waals surface area contributed by atoms with E-state index in [4.69, 9.17) is 0 Å². The van der Waals surface area contributed by atoms with E-state index < -0.39 is 6.10 Å². The number of carbonyl (C=O) groups excluding carboxylic acids is 1. The van der Waals surface area contributed by atoms with Crippen LogP contribution in [0.1, 0.15) is 74.8 Å². The van der Waals surface area contributed by atoms with Crippen LogP contribution in [0.5, 0.6) is 0 Å². The van der Waals surface area contributed by atoms with Crippen molar-refractivity contribution in [2.24, 2.45) is 0 Å². The molecule has 2 fully saturated rings. The predicted octanol–water partition coefficient (Wildman–Crippen LogP) is 4.65. The molecule has 6 rings (SSSR count). The molecule has 3 aromatic rings. The first-order valence-electron chi connectivity index (χ1n) is 14.3. The Hall–Kier alpha value is -3.29. The molecule has 4 atom stereocenters. The Balaban J connectivity index is 1.21. The van der Waals surface area contributed by atoms with E-state index >= 15 is 0 Å². The minimum Gasteiger partial charge on any atom is -0.387 e. The molecule has 3 heterocycles. The second-order valence-corrected chi connectivity index (χ2v) is 12.1. The quantitative estimate of drug-likeness (QED) is 0.505. The highest BCUT2D eigenvalue weighted by Crippen LogP contribution is 2.43. The van der Waals surface area contributed by atoms with E-state index in [2.05, 4.69) is 89.5 Å². The fraction of sp³-hybridized carbons (Fsp3) is 0.469. The molecule has 1 aromatic heterocycles. The number of hydrogen-bond acceptors (Lipinski definition) is 6. The molecule has 1 amide bonds. The summed E-state index contributed by atoms with van der Waals surface area (Å²) in [5.74, 6) is 1.13. The molecule has 0 unspecified atom stereocenters. The summed E-state index contributed by atoms with van der Waals surface area (Å²) < 4.78 is 0. The summed E-state index contributed by atoms with van der Waals surface area (Å²) >= 11 is 0. The van der Waals surface area contributed by atoms with Crippen molar-refractivity contribution in [3.05, 3.63) is 77.7 Å². The number of anilines is 1. The van der Waals surface area contributed by atoms with Crippen LogP contribution in [0, 0.1) is 0 Å². The standard InChI is InChI=1S/C32H39N5O2/c1-21-19-26(38)29-27(21)30(34-20-33-29)36-15-17-37(18-16-36)31(39)28(25-13-14-32(2,3)35-25)24-11-9-23(10-12-24)22-7-5-4-6-8-22/h4-12,20-21,25-26,28,35,38H,13-19H2,1-3H3/t21-,25+,26-,28+/m1/s1. The Labute approximate surface area is 231 Å². The number of nitrogens with zero attached hydrogens (tertiary/aromatic N) is 4. The molecule has 1 aliphatic carbocycles. The third-order valence-corrected chi connectivity index (χ3v) is 8.87. The Morgan fingerprint density at radius 3 is 2.36 bits per heavy atom. The molecule has 0 radical (unpaired) electrons. The third kappa shape index (κ3) is 5.06. The first-order valence-corrected chi connectivity index (χ1v) is 14.3. The molecule has 2 aliphatic heterocycles. The van der Waals surface area contributed by atoms with Crippen molar-refractivity contribution in [2.75, 3.05) is 31.1 Å². The summed E-state index contributed by atoms with van der Waals surface area (Å²) in [7, 11) is 0. The summed E-state index contributed by atoms with van der Waals surface area (Å²) in [5, 5.41) is 14.2. The first-order chi connectivity index (χ1) is 18.8. The lowest BCUT2D eigenvalue weighted by Gasteiger charge is -2.39. The van der Waals surface area contributed by atoms with Gasteiger partial charge in [0.2, 0.25) is 5.91 Å². The number of piperazine rings is 1. The van der Waals surface area contributed by atoms with E-state index in [1.165, 1.54) is 5.56 Å². The monoisotopic (exact) mass is 525 g/mol. The van der Waals surface area contributed by atoms with Crippen molar-refractivity contribution in [2.45, 2.75) is 69.6 Å². The van der Waals surface area contributed by atoms with E-state index in [0.29, 0.717) is 19.5 Å². The molecular weight excluding hydrogens is 486 g/mol. The summed E-state index contributed by atoms with van der Waals surface area (Å²) in [6, 6.07) is 19.1. The Kier molecular flexibility index (Phi) is 6.89. The maximum absolute atomic E-state index is 14.2. The molecule has 0 saturated carbocycles. The van der Waals surface area contributed by atoms with Crippen LogP contribution in [-0.4, -0.2) is 63.6 Å². The van der Waals surface area contributed by atoms with Crippen LogP contribution in [0.2, 0.25) is 0 Å². The van der Waals surface area contributed by atoms with Crippen LogP contribution in [0.4, 0.5) is 5.82 Å². The van der Waals surface area contributed by atoms with E-state index in [1.807, 2.05) is 11.0 Å². The molecule has 2 saturated heterocycles. The Morgan fingerprint density at radius 1 is 1.00 bits per heavy atom. The molecule has 7 nitrogen and oxygen atoms in total. The van der Waals surface area contributed by atoms with Gasteiger partial charge in [0.15, 0.2) is 0 Å². The van der Waals surface area contributed by atoms with Crippen LogP contribution in [0.3, 0.4) is 0 Å². The number of benzene rings is 2. The summed E-state index contributed by atoms with van der Waals surface area (Å²) in [5.41, 5.74) is 5.28. The van der Waals surface area contributed by atoms with Crippen LogP contribution >= 0.6 is 0 Å². The highest BCUT2D eigenvalue weighted by Gasteiger charge is 2.41. The number of fused-ring (bicyclic) bond motifs is 1. The fourth-order valence-electron chi connectivity index (χ4n) is 6.76. The molecule has 39 heavy (non-hydrogen) atoms. The van der Waals surface area contributed by atoms with Gasteiger partial charge >= 0.3 is 0 Å². The van der Waals surface area contributed by atoms with Crippen molar-refractivity contribution < 1.29 is 9.90 Å². The van der Waals surface area contributed by atoms with Crippen LogP contribution in [-0.2, 0) is 4.79 Å². The number of nitrogens with one attached hydrogen (secondary N) is 1. The Morgan fingerprint density at radius 2 is 1.69 bits per heavy atom. The predicted molar refractivity (Wildman–Crippen MR) is 154 cm³/mol. The van der Waals surface area contributed by atoms with Crippen LogP contribution < -0.4 is 10.2 Å². The molecule has 2 N–H and O–H groups in total. The van der Waals surface area contributed by atoms with E-state index in [-0.39, 0.29) is 29.3 Å². The van der Waals surface area contributed by atoms with Gasteiger partial charge in [-0.1, -0.05) is 61.5 Å². The number of rotatable bonds is 5. The zero-order valence-electron chi connectivity index (χ0n) is 23.2. The van der Waals surface area contributed by atoms with Crippen LogP contribution in [0.25, 0.3) is 11.1 Å². The number of aliphatic hydroxyl groups excluding tert-OH is 1. The third-order valence-electron chi connectivity index (χ3n) is 8.87. The second-order valence-electron chi connectivity index (χ2n) is 12.1. The smallest absolute Gasteiger partial charge is 0.231 e. The zero-order valence-corrected chi connectivity index (χ0v) is 23.2. The highest BCUT2D eigenvalue weighted by atomic mass is 16.3. The highest BCUT2D eigenvalue weighted by molar-refractivity contribution is 5.85. The van der Waals surface area contributed by atoms with Gasteiger partial charge in [0.1, 0.15) is 12.1 Å². The summed E-state index contributed by atoms with van der Waals surface area (Å²) in [6.07, 6.45) is 3.78. The minimum atomic E-state index is -0.517. The molecule has 204 valence electrons. The van der Waals surface area contributed by atoms with Gasteiger partial charge in [0, 0.05) is 43.3 Å². The zero-order chi connectivity index (χ0) is 27.1. The Bertz CT molecular complexity index is 1320. The molecule has 7 heteroatoms. The van der Waals surface area contributed by atoms with E-state index in [1.54, 1.807) is 6.33 Å². The summed E-state index contributed by atoms with van der Waals surface area (Å²) in [6.45, 7) is 9.34. The van der Waals surface area contributed by atoms with Crippen molar-refractivity contribution in [1.29, 1.82) is 0 Å². The van der Waals surface area contributed by atoms with Crippen molar-refractivity contribution in [3.8, 4) is 11.1 Å². The lowest BCUT2D eigenvalue weighted by Crippen LogP contribution is -2.53. The number of aromatic nitrogens is 2. The molecule has 0 bridgehead atoms. The van der Waals surface area contributed by atoms with Gasteiger partial charge in [0.05, 0.1) is 17.7 Å². The normalized spacial score (nSPS) is 25.0. The van der Waals surface area contributed by atoms with Gasteiger partial charge in [-0.15, -0.1) is 0 Å². The minimum absolute atomic E-state index is 0.0283. The maximum atomic E-state index is 14.2. The van der Waals surface area contributed by atoms with Gasteiger partial charge < -0.3 is 20.2 Å². The van der Waals surface area contributed by atoms with Gasteiger partial charge in [-0.2, -0.15) is 0 Å². The van der Waals surface area contributed by atoms with Gasteiger partial charge in [-0.05, 0) is 55.7 Å². The van der Waals surface area contributed by atoms with Crippen molar-refractivity contribution in [1.82, 2.24) is 20.2 Å². The second kappa shape index (κ2) is 10.4. The average Bonchev–Trinajstić information content (AvgIpc) is 3.46. The summed E-state index contributed by atoms with van der Waals surface area (Å²) in [4.78, 5) is 27.5. The van der Waals surface area contributed by atoms with E-state index in [9.17, 15) is 9.90 Å². The lowest BCUT2D eigenvalue weighted by atomic mass is 9.87. The van der Waals surface area contributed by atoms with E-state index in [0.717, 1.165) is 54.1 Å². The average molecular weight is 526 g/mol. The van der Waals surface area contributed by atoms with Crippen molar-refractivity contribution in [3.63, 3.8) is 0 Å². The molecule has 2 aromatic carbocycles. The lowest BCUT2D eigenvalue weighted by molar-refractivity contribution is -0.133. The van der Waals surface area contributed by atoms with Crippen LogP contribution in [0.15, 0.2) is 60.9 Å². The topological polar surface area (TPSA) is 81.6 Å². The number of amides is 1. The fourth-order valence-corrected chi connectivity index (χ4v) is 6.76. The molecular formula is C32H39N5O2. The molecule has 3 aliphatic rings. The number of hydrogen-bond donors (Lipinski definition) is 2. The van der Waals surface area contributed by atoms with Gasteiger partial charge in [-0.3, -0.25) is 4.79 Å². The van der Waals surface area contributed by atoms with Gasteiger partial charge in [-0.25, -0.2) is 9.97 Å². The number of carbonyl (C=O) groups is 1. The SMILES string of the molecule is C[C@@H]1C[C@@H](O)c2ncnc(N3CCN(C(=O)[C@@H](c4ccc(-c5ccccc5)cc4)[C@@H]4CCC(C)(C)N4)CC3)c21. The maximum Gasteiger partial charge on any atom is 0.231 e.